The Morgan fingerprint density at radius 1 is 0.375 bits per heavy atom. The summed E-state index contributed by atoms with van der Waals surface area (Å²) in [6.07, 6.45) is 76.6. The first-order valence-corrected chi connectivity index (χ1v) is 32.6. The molecule has 0 fully saturated rings. The maximum absolute atomic E-state index is 12.5. The van der Waals surface area contributed by atoms with E-state index in [2.05, 4.69) is 31.3 Å². The van der Waals surface area contributed by atoms with Gasteiger partial charge in [-0.2, -0.15) is 0 Å². The zero-order valence-electron chi connectivity index (χ0n) is 48.7. The average molecular weight is 1010 g/mol. The number of rotatable bonds is 61. The zero-order chi connectivity index (χ0) is 52.2. The van der Waals surface area contributed by atoms with Crippen molar-refractivity contribution in [1.29, 1.82) is 0 Å². The molecule has 0 rings (SSSR count). The van der Waals surface area contributed by atoms with Gasteiger partial charge in [-0.1, -0.05) is 314 Å². The van der Waals surface area contributed by atoms with Gasteiger partial charge in [-0.15, -0.1) is 0 Å². The molecule has 426 valence electrons. The van der Waals surface area contributed by atoms with E-state index in [-0.39, 0.29) is 18.5 Å². The lowest BCUT2D eigenvalue weighted by Gasteiger charge is -2.20. The molecule has 0 aliphatic rings. The second-order valence-corrected chi connectivity index (χ2v) is 22.5. The first kappa shape index (κ1) is 70.3. The smallest absolute Gasteiger partial charge is 0.305 e. The minimum absolute atomic E-state index is 0.00623. The van der Waals surface area contributed by atoms with Crippen molar-refractivity contribution >= 4 is 11.9 Å². The molecule has 0 heterocycles. The predicted molar refractivity (Wildman–Crippen MR) is 315 cm³/mol. The highest BCUT2D eigenvalue weighted by Gasteiger charge is 2.18. The van der Waals surface area contributed by atoms with Crippen molar-refractivity contribution in [3.8, 4) is 0 Å². The van der Waals surface area contributed by atoms with Crippen LogP contribution in [0.2, 0.25) is 0 Å². The highest BCUT2D eigenvalue weighted by atomic mass is 16.5. The van der Waals surface area contributed by atoms with Crippen LogP contribution in [0.5, 0.6) is 0 Å². The van der Waals surface area contributed by atoms with Gasteiger partial charge < -0.3 is 20.3 Å². The van der Waals surface area contributed by atoms with E-state index in [1.807, 2.05) is 6.08 Å². The minimum atomic E-state index is -0.843. The maximum Gasteiger partial charge on any atom is 0.305 e. The second-order valence-electron chi connectivity index (χ2n) is 22.5. The molecule has 3 N–H and O–H groups in total. The summed E-state index contributed by atoms with van der Waals surface area (Å²) in [4.78, 5) is 24.5. The van der Waals surface area contributed by atoms with Crippen molar-refractivity contribution in [2.24, 2.45) is 0 Å². The molecule has 0 aromatic heterocycles. The number of unbranched alkanes of at least 4 members (excludes halogenated alkanes) is 48. The SMILES string of the molecule is CCCCC/C=C\CCCCCCCC(=O)OCCCCCCCCCCCCCCCCCCCCCCCCCCCC(=O)NC(CO)C(O)/C=C/CCCCCCCCCCCCCCCCCC. The van der Waals surface area contributed by atoms with Gasteiger partial charge in [-0.3, -0.25) is 9.59 Å². The van der Waals surface area contributed by atoms with Crippen molar-refractivity contribution in [2.75, 3.05) is 13.2 Å². The van der Waals surface area contributed by atoms with E-state index in [0.29, 0.717) is 19.4 Å². The summed E-state index contributed by atoms with van der Waals surface area (Å²) in [6, 6.07) is -0.627. The zero-order valence-corrected chi connectivity index (χ0v) is 48.7. The Hall–Kier alpha value is -1.66. The predicted octanol–water partition coefficient (Wildman–Crippen LogP) is 20.6. The Morgan fingerprint density at radius 3 is 1.01 bits per heavy atom. The third-order valence-corrected chi connectivity index (χ3v) is 15.2. The van der Waals surface area contributed by atoms with Gasteiger partial charge in [0.25, 0.3) is 0 Å². The van der Waals surface area contributed by atoms with Gasteiger partial charge in [0.05, 0.1) is 25.4 Å². The van der Waals surface area contributed by atoms with E-state index < -0.39 is 12.1 Å². The van der Waals surface area contributed by atoms with Gasteiger partial charge in [-0.25, -0.2) is 0 Å². The van der Waals surface area contributed by atoms with Crippen LogP contribution >= 0.6 is 0 Å². The molecule has 0 radical (unpaired) electrons. The van der Waals surface area contributed by atoms with Crippen molar-refractivity contribution in [2.45, 2.75) is 373 Å². The summed E-state index contributed by atoms with van der Waals surface area (Å²) in [5, 5.41) is 23.2. The lowest BCUT2D eigenvalue weighted by Crippen LogP contribution is -2.45. The highest BCUT2D eigenvalue weighted by molar-refractivity contribution is 5.76. The number of carbonyl (C=O) groups excluding carboxylic acids is 2. The minimum Gasteiger partial charge on any atom is -0.466 e. The van der Waals surface area contributed by atoms with Crippen LogP contribution in [0.3, 0.4) is 0 Å². The number of hydrogen-bond acceptors (Lipinski definition) is 5. The molecule has 0 aliphatic carbocycles. The normalized spacial score (nSPS) is 12.7. The molecule has 2 unspecified atom stereocenters. The molecular weight excluding hydrogens is 887 g/mol. The fourth-order valence-corrected chi connectivity index (χ4v) is 10.2. The highest BCUT2D eigenvalue weighted by Crippen LogP contribution is 2.18. The second kappa shape index (κ2) is 61.9. The summed E-state index contributed by atoms with van der Waals surface area (Å²) in [5.41, 5.74) is 0. The van der Waals surface area contributed by atoms with Crippen molar-refractivity contribution in [1.82, 2.24) is 5.32 Å². The summed E-state index contributed by atoms with van der Waals surface area (Å²) >= 11 is 0. The lowest BCUT2D eigenvalue weighted by atomic mass is 10.0. The summed E-state index contributed by atoms with van der Waals surface area (Å²) in [5.74, 6) is -0.0571. The first-order chi connectivity index (χ1) is 35.5. The number of aliphatic hydroxyl groups excluding tert-OH is 2. The van der Waals surface area contributed by atoms with Crippen LogP contribution in [0.1, 0.15) is 361 Å². The first-order valence-electron chi connectivity index (χ1n) is 32.6. The van der Waals surface area contributed by atoms with Gasteiger partial charge in [0.1, 0.15) is 0 Å². The molecular formula is C66H127NO5. The van der Waals surface area contributed by atoms with Gasteiger partial charge in [0, 0.05) is 12.8 Å². The van der Waals surface area contributed by atoms with E-state index in [9.17, 15) is 19.8 Å². The maximum atomic E-state index is 12.5. The van der Waals surface area contributed by atoms with Crippen molar-refractivity contribution in [3.05, 3.63) is 24.3 Å². The third kappa shape index (κ3) is 57.6. The van der Waals surface area contributed by atoms with E-state index in [4.69, 9.17) is 4.74 Å². The van der Waals surface area contributed by atoms with Gasteiger partial charge in [0.2, 0.25) is 5.91 Å². The Morgan fingerprint density at radius 2 is 0.653 bits per heavy atom. The topological polar surface area (TPSA) is 95.9 Å². The Labute approximate surface area is 450 Å². The lowest BCUT2D eigenvalue weighted by molar-refractivity contribution is -0.143. The van der Waals surface area contributed by atoms with Gasteiger partial charge >= 0.3 is 5.97 Å². The summed E-state index contributed by atoms with van der Waals surface area (Å²) in [7, 11) is 0. The van der Waals surface area contributed by atoms with Crippen LogP contribution in [0.15, 0.2) is 24.3 Å². The van der Waals surface area contributed by atoms with Crippen molar-refractivity contribution < 1.29 is 24.5 Å². The molecule has 72 heavy (non-hydrogen) atoms. The standard InChI is InChI=1S/C66H127NO5/c1-3-5-7-9-11-13-15-17-18-19-29-32-35-38-42-46-50-54-58-64(69)63(62-68)67-65(70)59-55-51-47-43-39-36-33-30-27-25-23-21-20-22-24-26-28-31-34-37-41-45-49-53-57-61-72-66(71)60-56-52-48-44-40-16-14-12-10-8-6-4-2/h12,14,54,58,63-64,68-69H,3-11,13,15-53,55-57,59-62H2,1-2H3,(H,67,70)/b14-12-,58-54+. The quantitative estimate of drug-likeness (QED) is 0.0320. The molecule has 1 amide bonds. The average Bonchev–Trinajstić information content (AvgIpc) is 3.38. The fraction of sp³-hybridized carbons (Fsp3) is 0.909. The molecule has 0 saturated carbocycles. The molecule has 6 nitrogen and oxygen atoms in total. The Bertz CT molecular complexity index is 1120. The Kier molecular flexibility index (Phi) is 60.5. The summed E-state index contributed by atoms with van der Waals surface area (Å²) < 4.78 is 5.47. The number of amides is 1. The van der Waals surface area contributed by atoms with Gasteiger partial charge in [-0.05, 0) is 57.8 Å². The molecule has 0 saturated heterocycles. The van der Waals surface area contributed by atoms with Gasteiger partial charge in [0.15, 0.2) is 0 Å². The van der Waals surface area contributed by atoms with Crippen LogP contribution in [0, 0.1) is 0 Å². The number of esters is 1. The van der Waals surface area contributed by atoms with Crippen LogP contribution in [0.25, 0.3) is 0 Å². The molecule has 0 aromatic rings. The number of hydrogen-bond donors (Lipinski definition) is 3. The van der Waals surface area contributed by atoms with E-state index in [1.54, 1.807) is 6.08 Å². The van der Waals surface area contributed by atoms with E-state index in [1.165, 1.54) is 289 Å². The fourth-order valence-electron chi connectivity index (χ4n) is 10.2. The van der Waals surface area contributed by atoms with Crippen molar-refractivity contribution in [3.63, 3.8) is 0 Å². The summed E-state index contributed by atoms with van der Waals surface area (Å²) in [6.45, 7) is 4.91. The largest absolute Gasteiger partial charge is 0.466 e. The molecule has 6 heteroatoms. The van der Waals surface area contributed by atoms with E-state index >= 15 is 0 Å². The number of carbonyl (C=O) groups is 2. The number of nitrogens with one attached hydrogen (secondary N) is 1. The number of aliphatic hydroxyl groups is 2. The van der Waals surface area contributed by atoms with Crippen LogP contribution in [-0.2, 0) is 14.3 Å². The van der Waals surface area contributed by atoms with E-state index in [0.717, 1.165) is 44.9 Å². The van der Waals surface area contributed by atoms with Crippen LogP contribution in [0.4, 0.5) is 0 Å². The monoisotopic (exact) mass is 1010 g/mol. The molecule has 0 aliphatic heterocycles. The van der Waals surface area contributed by atoms with Crippen LogP contribution < -0.4 is 5.32 Å². The molecule has 0 bridgehead atoms. The van der Waals surface area contributed by atoms with Crippen LogP contribution in [-0.4, -0.2) is 47.4 Å². The third-order valence-electron chi connectivity index (χ3n) is 15.2. The number of ether oxygens (including phenoxy) is 1. The molecule has 2 atom stereocenters. The Balaban J connectivity index is 3.39. The molecule has 0 aromatic carbocycles. The molecule has 0 spiro atoms. The number of allylic oxidation sites excluding steroid dienone is 3.